The molecule has 1 nitrogen and oxygen atoms in total. The van der Waals surface area contributed by atoms with Crippen molar-refractivity contribution in [2.24, 2.45) is 0 Å². The van der Waals surface area contributed by atoms with Gasteiger partial charge in [-0.3, -0.25) is 0 Å². The zero-order chi connectivity index (χ0) is 13.3. The summed E-state index contributed by atoms with van der Waals surface area (Å²) in [5.41, 5.74) is 1.48. The summed E-state index contributed by atoms with van der Waals surface area (Å²) in [5.74, 6) is 0. The summed E-state index contributed by atoms with van der Waals surface area (Å²) in [4.78, 5) is 0. The second-order valence-corrected chi connectivity index (χ2v) is 5.73. The standard InChI is InChI=1S/C17H30N/c1-4-14-18(3,15-5-2)16-10-9-13-17-11-7-6-8-12-17/h6-8,11-12H,4-5,9-10,13-16H2,1-3H3/q+1. The lowest BCUT2D eigenvalue weighted by Crippen LogP contribution is -2.45. The van der Waals surface area contributed by atoms with Crippen LogP contribution >= 0.6 is 0 Å². The lowest BCUT2D eigenvalue weighted by molar-refractivity contribution is -0.909. The number of benzene rings is 1. The number of aryl methyl sites for hydroxylation is 1. The summed E-state index contributed by atoms with van der Waals surface area (Å²) in [6.45, 7) is 8.61. The Hall–Kier alpha value is -0.820. The van der Waals surface area contributed by atoms with E-state index >= 15 is 0 Å². The molecule has 1 aromatic rings. The molecule has 0 atom stereocenters. The first-order chi connectivity index (χ1) is 8.70. The highest BCUT2D eigenvalue weighted by Gasteiger charge is 2.18. The Morgan fingerprint density at radius 3 is 2.00 bits per heavy atom. The molecule has 0 bridgehead atoms. The molecule has 1 rings (SSSR count). The average Bonchev–Trinajstić information content (AvgIpc) is 2.37. The largest absolute Gasteiger partial charge is 0.326 e. The van der Waals surface area contributed by atoms with Crippen molar-refractivity contribution in [3.63, 3.8) is 0 Å². The van der Waals surface area contributed by atoms with Gasteiger partial charge in [-0.25, -0.2) is 0 Å². The van der Waals surface area contributed by atoms with Crippen LogP contribution in [0.5, 0.6) is 0 Å². The molecule has 0 unspecified atom stereocenters. The Morgan fingerprint density at radius 2 is 1.44 bits per heavy atom. The molecule has 0 aromatic heterocycles. The van der Waals surface area contributed by atoms with Crippen LogP contribution in [-0.4, -0.2) is 31.2 Å². The van der Waals surface area contributed by atoms with E-state index in [4.69, 9.17) is 0 Å². The van der Waals surface area contributed by atoms with Gasteiger partial charge in [0, 0.05) is 0 Å². The molecule has 0 saturated carbocycles. The van der Waals surface area contributed by atoms with E-state index in [2.05, 4.69) is 51.2 Å². The van der Waals surface area contributed by atoms with Crippen LogP contribution in [0.3, 0.4) is 0 Å². The summed E-state index contributed by atoms with van der Waals surface area (Å²) in [6.07, 6.45) is 6.51. The molecule has 0 N–H and O–H groups in total. The molecule has 102 valence electrons. The summed E-state index contributed by atoms with van der Waals surface area (Å²) in [6, 6.07) is 10.9. The Labute approximate surface area is 113 Å². The van der Waals surface area contributed by atoms with E-state index < -0.39 is 0 Å². The van der Waals surface area contributed by atoms with E-state index in [0.717, 1.165) is 0 Å². The van der Waals surface area contributed by atoms with Crippen LogP contribution in [0.2, 0.25) is 0 Å². The zero-order valence-electron chi connectivity index (χ0n) is 12.5. The van der Waals surface area contributed by atoms with Crippen LogP contribution in [0.4, 0.5) is 0 Å². The molecule has 1 aromatic carbocycles. The van der Waals surface area contributed by atoms with Gasteiger partial charge in [0.25, 0.3) is 0 Å². The van der Waals surface area contributed by atoms with Gasteiger partial charge in [-0.15, -0.1) is 0 Å². The van der Waals surface area contributed by atoms with Gasteiger partial charge in [0.05, 0.1) is 26.7 Å². The first-order valence-electron chi connectivity index (χ1n) is 7.57. The van der Waals surface area contributed by atoms with E-state index in [1.165, 1.54) is 61.8 Å². The first kappa shape index (κ1) is 15.2. The fourth-order valence-corrected chi connectivity index (χ4v) is 2.88. The maximum absolute atomic E-state index is 2.43. The fraction of sp³-hybridized carbons (Fsp3) is 0.647. The Bertz CT molecular complexity index is 299. The summed E-state index contributed by atoms with van der Waals surface area (Å²) < 4.78 is 1.27. The molecule has 0 aliphatic carbocycles. The van der Waals surface area contributed by atoms with Crippen LogP contribution < -0.4 is 0 Å². The molecule has 0 fully saturated rings. The van der Waals surface area contributed by atoms with Crippen LogP contribution in [0.15, 0.2) is 30.3 Å². The molecule has 0 saturated heterocycles. The molecule has 1 heteroatoms. The molecule has 0 heterocycles. The normalized spacial score (nSPS) is 11.7. The third-order valence-corrected chi connectivity index (χ3v) is 3.78. The monoisotopic (exact) mass is 248 g/mol. The Morgan fingerprint density at radius 1 is 0.833 bits per heavy atom. The number of nitrogens with zero attached hydrogens (tertiary/aromatic N) is 1. The lowest BCUT2D eigenvalue weighted by atomic mass is 10.1. The van der Waals surface area contributed by atoms with Crippen LogP contribution in [0, 0.1) is 0 Å². The average molecular weight is 248 g/mol. The molecular formula is C17H30N+. The topological polar surface area (TPSA) is 0 Å². The van der Waals surface area contributed by atoms with Gasteiger partial charge < -0.3 is 4.48 Å². The summed E-state index contributed by atoms with van der Waals surface area (Å²) in [7, 11) is 2.43. The fourth-order valence-electron chi connectivity index (χ4n) is 2.88. The predicted molar refractivity (Wildman–Crippen MR) is 80.7 cm³/mol. The maximum atomic E-state index is 2.43. The lowest BCUT2D eigenvalue weighted by Gasteiger charge is -2.34. The SMILES string of the molecule is CCC[N+](C)(CCC)CCCCc1ccccc1. The minimum atomic E-state index is 1.24. The Balaban J connectivity index is 2.26. The van der Waals surface area contributed by atoms with Gasteiger partial charge in [0.15, 0.2) is 0 Å². The van der Waals surface area contributed by atoms with Crippen LogP contribution in [0.1, 0.15) is 45.1 Å². The van der Waals surface area contributed by atoms with Crippen molar-refractivity contribution in [2.75, 3.05) is 26.7 Å². The second-order valence-electron chi connectivity index (χ2n) is 5.73. The van der Waals surface area contributed by atoms with Gasteiger partial charge in [-0.2, -0.15) is 0 Å². The van der Waals surface area contributed by atoms with E-state index in [9.17, 15) is 0 Å². The van der Waals surface area contributed by atoms with Gasteiger partial charge in [0.1, 0.15) is 0 Å². The van der Waals surface area contributed by atoms with Crippen LogP contribution in [0.25, 0.3) is 0 Å². The number of rotatable bonds is 9. The molecule has 18 heavy (non-hydrogen) atoms. The van der Waals surface area contributed by atoms with Gasteiger partial charge >= 0.3 is 0 Å². The van der Waals surface area contributed by atoms with Crippen molar-refractivity contribution in [1.82, 2.24) is 0 Å². The van der Waals surface area contributed by atoms with Crippen molar-refractivity contribution < 1.29 is 4.48 Å². The number of hydrogen-bond donors (Lipinski definition) is 0. The van der Waals surface area contributed by atoms with Gasteiger partial charge in [-0.05, 0) is 37.7 Å². The Kier molecular flexibility index (Phi) is 7.04. The van der Waals surface area contributed by atoms with E-state index in [1.807, 2.05) is 0 Å². The third kappa shape index (κ3) is 5.68. The minimum absolute atomic E-state index is 1.24. The summed E-state index contributed by atoms with van der Waals surface area (Å²) >= 11 is 0. The van der Waals surface area contributed by atoms with Crippen LogP contribution in [-0.2, 0) is 6.42 Å². The first-order valence-corrected chi connectivity index (χ1v) is 7.57. The van der Waals surface area contributed by atoms with E-state index in [0.29, 0.717) is 0 Å². The highest BCUT2D eigenvalue weighted by Crippen LogP contribution is 2.11. The van der Waals surface area contributed by atoms with Crippen molar-refractivity contribution in [3.8, 4) is 0 Å². The number of hydrogen-bond acceptors (Lipinski definition) is 0. The van der Waals surface area contributed by atoms with Crippen molar-refractivity contribution in [3.05, 3.63) is 35.9 Å². The molecule has 0 spiro atoms. The maximum Gasteiger partial charge on any atom is 0.0784 e. The molecular weight excluding hydrogens is 218 g/mol. The number of unbranched alkanes of at least 4 members (excludes halogenated alkanes) is 1. The second kappa shape index (κ2) is 8.31. The highest BCUT2D eigenvalue weighted by atomic mass is 15.3. The molecule has 0 aliphatic rings. The highest BCUT2D eigenvalue weighted by molar-refractivity contribution is 5.14. The molecule has 0 aliphatic heterocycles. The zero-order valence-corrected chi connectivity index (χ0v) is 12.5. The van der Waals surface area contributed by atoms with Gasteiger partial charge in [-0.1, -0.05) is 44.2 Å². The van der Waals surface area contributed by atoms with Crippen molar-refractivity contribution in [1.29, 1.82) is 0 Å². The quantitative estimate of drug-likeness (QED) is 0.452. The molecule has 0 radical (unpaired) electrons. The smallest absolute Gasteiger partial charge is 0.0784 e. The van der Waals surface area contributed by atoms with Gasteiger partial charge in [0.2, 0.25) is 0 Å². The third-order valence-electron chi connectivity index (χ3n) is 3.78. The van der Waals surface area contributed by atoms with E-state index in [-0.39, 0.29) is 0 Å². The van der Waals surface area contributed by atoms with E-state index in [1.54, 1.807) is 0 Å². The minimum Gasteiger partial charge on any atom is -0.326 e. The van der Waals surface area contributed by atoms with Crippen molar-refractivity contribution >= 4 is 0 Å². The molecule has 0 amide bonds. The van der Waals surface area contributed by atoms with Crippen molar-refractivity contribution in [2.45, 2.75) is 46.0 Å². The summed E-state index contributed by atoms with van der Waals surface area (Å²) in [5, 5.41) is 0. The predicted octanol–water partition coefficient (Wildman–Crippen LogP) is 4.28. The number of quaternary nitrogens is 1.